The smallest absolute Gasteiger partial charge is 0.407 e. The van der Waals surface area contributed by atoms with Gasteiger partial charge in [-0.05, 0) is 58.4 Å². The zero-order valence-corrected chi connectivity index (χ0v) is 22.0. The zero-order chi connectivity index (χ0) is 26.7. The highest BCUT2D eigenvalue weighted by Crippen LogP contribution is 2.40. The average molecular weight is 491 g/mol. The molecule has 8 nitrogen and oxygen atoms in total. The minimum absolute atomic E-state index is 0.0665. The minimum atomic E-state index is -1.14. The molecule has 0 saturated carbocycles. The van der Waals surface area contributed by atoms with Crippen molar-refractivity contribution in [3.8, 4) is 11.5 Å². The number of carbonyl (C=O) groups is 2. The van der Waals surface area contributed by atoms with Gasteiger partial charge in [0.1, 0.15) is 11.5 Å². The highest BCUT2D eigenvalue weighted by Gasteiger charge is 2.26. The van der Waals surface area contributed by atoms with Crippen molar-refractivity contribution in [1.29, 1.82) is 0 Å². The molecule has 1 aromatic rings. The van der Waals surface area contributed by atoms with Gasteiger partial charge >= 0.3 is 12.2 Å². The first-order valence-corrected chi connectivity index (χ1v) is 12.1. The number of hydrogen-bond donors (Lipinski definition) is 4. The summed E-state index contributed by atoms with van der Waals surface area (Å²) in [6.07, 6.45) is 6.94. The number of nitrogens with zero attached hydrogens (tertiary/aromatic N) is 2. The summed E-state index contributed by atoms with van der Waals surface area (Å²) in [5.74, 6) is -0.255. The van der Waals surface area contributed by atoms with Crippen molar-refractivity contribution in [1.82, 2.24) is 9.80 Å². The molecule has 0 saturated heterocycles. The molecule has 0 radical (unpaired) electrons. The number of amides is 2. The Morgan fingerprint density at radius 1 is 0.800 bits per heavy atom. The Labute approximate surface area is 209 Å². The van der Waals surface area contributed by atoms with Crippen molar-refractivity contribution in [2.24, 2.45) is 0 Å². The maximum absolute atomic E-state index is 11.5. The summed E-state index contributed by atoms with van der Waals surface area (Å²) in [5, 5.41) is 41.3. The average Bonchev–Trinajstić information content (AvgIpc) is 2.77. The first kappa shape index (κ1) is 29.9. The molecule has 1 rings (SSSR count). The largest absolute Gasteiger partial charge is 0.507 e. The number of phenolic OH excluding ortho intramolecular Hbond substituents is 2. The Balaban J connectivity index is 3.61. The van der Waals surface area contributed by atoms with Crippen LogP contribution in [0.25, 0.3) is 0 Å². The lowest BCUT2D eigenvalue weighted by Gasteiger charge is -2.25. The lowest BCUT2D eigenvalue weighted by molar-refractivity contribution is 0.153. The third kappa shape index (κ3) is 9.19. The molecule has 0 aliphatic heterocycles. The quantitative estimate of drug-likeness (QED) is 0.191. The van der Waals surface area contributed by atoms with Crippen LogP contribution in [0.3, 0.4) is 0 Å². The number of allylic oxidation sites excluding steroid dienone is 4. The van der Waals surface area contributed by atoms with Crippen LogP contribution >= 0.6 is 0 Å². The Morgan fingerprint density at radius 2 is 1.31 bits per heavy atom. The summed E-state index contributed by atoms with van der Waals surface area (Å²) in [6, 6.07) is 0. The first-order chi connectivity index (χ1) is 16.4. The van der Waals surface area contributed by atoms with E-state index in [1.807, 2.05) is 26.8 Å². The molecule has 0 unspecified atom stereocenters. The van der Waals surface area contributed by atoms with Gasteiger partial charge in [-0.25, -0.2) is 9.59 Å². The van der Waals surface area contributed by atoms with Crippen LogP contribution in [0.15, 0.2) is 23.3 Å². The molecule has 0 fully saturated rings. The van der Waals surface area contributed by atoms with Crippen LogP contribution in [-0.2, 0) is 25.9 Å². The molecule has 0 bridgehead atoms. The molecule has 4 N–H and O–H groups in total. The first-order valence-electron chi connectivity index (χ1n) is 12.1. The van der Waals surface area contributed by atoms with E-state index in [0.29, 0.717) is 23.1 Å². The van der Waals surface area contributed by atoms with Crippen LogP contribution in [0, 0.1) is 0 Å². The van der Waals surface area contributed by atoms with Gasteiger partial charge in [0.25, 0.3) is 0 Å². The fourth-order valence-electron chi connectivity index (χ4n) is 3.91. The Kier molecular flexibility index (Phi) is 12.2. The van der Waals surface area contributed by atoms with Gasteiger partial charge in [0.15, 0.2) is 0 Å². The molecule has 0 heterocycles. The summed E-state index contributed by atoms with van der Waals surface area (Å²) in [7, 11) is 2.83. The molecule has 1 aromatic carbocycles. The molecular weight excluding hydrogens is 448 g/mol. The van der Waals surface area contributed by atoms with Gasteiger partial charge in [0.05, 0.1) is 13.1 Å². The lowest BCUT2D eigenvalue weighted by atomic mass is 9.89. The summed E-state index contributed by atoms with van der Waals surface area (Å²) in [4.78, 5) is 25.2. The molecule has 0 aliphatic rings. The molecule has 2 amide bonds. The minimum Gasteiger partial charge on any atom is -0.507 e. The van der Waals surface area contributed by atoms with Gasteiger partial charge < -0.3 is 30.2 Å². The summed E-state index contributed by atoms with van der Waals surface area (Å²) in [5.41, 5.74) is 4.08. The predicted molar refractivity (Wildman–Crippen MR) is 138 cm³/mol. The van der Waals surface area contributed by atoms with Crippen molar-refractivity contribution in [2.45, 2.75) is 85.7 Å². The Hall–Kier alpha value is -3.16. The topological polar surface area (TPSA) is 122 Å². The van der Waals surface area contributed by atoms with Gasteiger partial charge in [-0.3, -0.25) is 0 Å². The molecular formula is C27H42N2O6. The summed E-state index contributed by atoms with van der Waals surface area (Å²) in [6.45, 7) is 8.00. The van der Waals surface area contributed by atoms with E-state index in [-0.39, 0.29) is 36.6 Å². The van der Waals surface area contributed by atoms with Crippen molar-refractivity contribution in [3.63, 3.8) is 0 Å². The molecule has 0 spiro atoms. The van der Waals surface area contributed by atoms with Crippen LogP contribution in [0.2, 0.25) is 0 Å². The molecule has 8 heteroatoms. The van der Waals surface area contributed by atoms with E-state index in [4.69, 9.17) is 0 Å². The normalized spacial score (nSPS) is 11.3. The Bertz CT molecular complexity index is 898. The van der Waals surface area contributed by atoms with Gasteiger partial charge in [-0.2, -0.15) is 0 Å². The van der Waals surface area contributed by atoms with Crippen LogP contribution in [-0.4, -0.2) is 56.5 Å². The number of hydrogen-bond acceptors (Lipinski definition) is 4. The van der Waals surface area contributed by atoms with Crippen LogP contribution in [0.4, 0.5) is 9.59 Å². The Morgan fingerprint density at radius 3 is 1.74 bits per heavy atom. The number of unbranched alkanes of at least 4 members (excludes halogenated alkanes) is 2. The van der Waals surface area contributed by atoms with Gasteiger partial charge in [-0.15, -0.1) is 0 Å². The highest BCUT2D eigenvalue weighted by molar-refractivity contribution is 5.67. The zero-order valence-electron chi connectivity index (χ0n) is 22.0. The summed E-state index contributed by atoms with van der Waals surface area (Å²) >= 11 is 0. The van der Waals surface area contributed by atoms with Gasteiger partial charge in [0.2, 0.25) is 0 Å². The number of benzene rings is 1. The lowest BCUT2D eigenvalue weighted by Crippen LogP contribution is -2.27. The van der Waals surface area contributed by atoms with Crippen LogP contribution < -0.4 is 0 Å². The van der Waals surface area contributed by atoms with Crippen molar-refractivity contribution in [2.75, 3.05) is 14.1 Å². The number of rotatable bonds is 13. The van der Waals surface area contributed by atoms with Gasteiger partial charge in [0, 0.05) is 30.8 Å². The number of carboxylic acid groups (broad SMARTS) is 2. The van der Waals surface area contributed by atoms with E-state index in [1.54, 1.807) is 0 Å². The molecule has 35 heavy (non-hydrogen) atoms. The summed E-state index contributed by atoms with van der Waals surface area (Å²) < 4.78 is 0. The highest BCUT2D eigenvalue weighted by atomic mass is 16.4. The van der Waals surface area contributed by atoms with Gasteiger partial charge in [-0.1, -0.05) is 43.1 Å². The second kappa shape index (κ2) is 14.3. The maximum atomic E-state index is 11.5. The third-order valence-electron chi connectivity index (χ3n) is 6.09. The van der Waals surface area contributed by atoms with Crippen LogP contribution in [0.1, 0.15) is 82.1 Å². The predicted octanol–water partition coefficient (Wildman–Crippen LogP) is 6.29. The third-order valence-corrected chi connectivity index (χ3v) is 6.09. The monoisotopic (exact) mass is 490 g/mol. The number of aromatic hydroxyl groups is 2. The number of phenols is 2. The fraction of sp³-hybridized carbons (Fsp3) is 0.556. The van der Waals surface area contributed by atoms with E-state index >= 15 is 0 Å². The molecule has 0 aromatic heterocycles. The molecule has 0 atom stereocenters. The maximum Gasteiger partial charge on any atom is 0.407 e. The van der Waals surface area contributed by atoms with E-state index in [2.05, 4.69) is 13.0 Å². The van der Waals surface area contributed by atoms with Crippen molar-refractivity contribution < 1.29 is 30.0 Å². The van der Waals surface area contributed by atoms with Crippen molar-refractivity contribution in [3.05, 3.63) is 45.6 Å². The van der Waals surface area contributed by atoms with E-state index in [0.717, 1.165) is 47.5 Å². The molecule has 0 aliphatic carbocycles. The van der Waals surface area contributed by atoms with E-state index in [1.165, 1.54) is 19.7 Å². The van der Waals surface area contributed by atoms with E-state index in [9.17, 15) is 30.0 Å². The fourth-order valence-corrected chi connectivity index (χ4v) is 3.91. The van der Waals surface area contributed by atoms with Crippen LogP contribution in [0.5, 0.6) is 11.5 Å². The van der Waals surface area contributed by atoms with Crippen molar-refractivity contribution >= 4 is 12.2 Å². The SMILES string of the molecule is CCCCCc1c(CN(C)C(=O)O)c(O)c(C/C=C(\C)CCC=C(C)C)c(O)c1CN(C)C(=O)O. The second-order valence-electron chi connectivity index (χ2n) is 9.42. The second-order valence-corrected chi connectivity index (χ2v) is 9.42. The standard InChI is InChI=1S/C27H42N2O6/c1-7-8-9-13-20-22(16-28(5)26(32)33)24(30)21(15-14-19(4)12-10-11-18(2)3)25(31)23(20)17-29(6)27(34)35/h11,14,30-31H,7-10,12-13,15-17H2,1-6H3,(H,32,33)(H,34,35)/b19-14+. The molecule has 196 valence electrons. The van der Waals surface area contributed by atoms with E-state index < -0.39 is 12.2 Å².